The lowest BCUT2D eigenvalue weighted by atomic mass is 9.60. The Bertz CT molecular complexity index is 574. The van der Waals surface area contributed by atoms with E-state index in [9.17, 15) is 9.18 Å². The molecule has 1 saturated carbocycles. The molecule has 2 saturated heterocycles. The molecule has 1 aliphatic carbocycles. The van der Waals surface area contributed by atoms with Crippen molar-refractivity contribution in [1.29, 1.82) is 5.26 Å². The van der Waals surface area contributed by atoms with Gasteiger partial charge in [0.2, 0.25) is 5.91 Å². The first-order valence-corrected chi connectivity index (χ1v) is 8.91. The highest BCUT2D eigenvalue weighted by Gasteiger charge is 2.63. The summed E-state index contributed by atoms with van der Waals surface area (Å²) in [5.41, 5.74) is 0.194. The Hall–Kier alpha value is -1.19. The second kappa shape index (κ2) is 5.67. The van der Waals surface area contributed by atoms with Crippen LogP contribution in [0.4, 0.5) is 4.39 Å². The summed E-state index contributed by atoms with van der Waals surface area (Å²) in [6.07, 6.45) is 1.24. The summed E-state index contributed by atoms with van der Waals surface area (Å²) in [5.74, 6) is -0.159. The SMILES string of the molecule is CN1C[C@]2(C)CC[C@](NCC(=O)N3C[C@H](F)C[C@H]3C#N)(C1)C2(C)C. The normalized spacial score (nSPS) is 41.4. The van der Waals surface area contributed by atoms with Gasteiger partial charge < -0.3 is 15.1 Å². The highest BCUT2D eigenvalue weighted by Crippen LogP contribution is 2.60. The smallest absolute Gasteiger partial charge is 0.237 e. The van der Waals surface area contributed by atoms with Gasteiger partial charge in [-0.15, -0.1) is 0 Å². The zero-order valence-corrected chi connectivity index (χ0v) is 15.2. The van der Waals surface area contributed by atoms with Crippen LogP contribution in [0.3, 0.4) is 0 Å². The average Bonchev–Trinajstić information content (AvgIpc) is 2.90. The minimum Gasteiger partial charge on any atom is -0.323 e. The molecule has 0 aromatic heterocycles. The van der Waals surface area contributed by atoms with E-state index in [0.717, 1.165) is 25.9 Å². The zero-order valence-electron chi connectivity index (χ0n) is 15.2. The standard InChI is InChI=1S/C18H29FN4O/c1-16(2)17(3)5-6-18(16,12-22(4)11-17)21-9-15(24)23-10-13(19)7-14(23)8-20/h13-14,21H,5-7,9-12H2,1-4H3/t13-,14+,17+,18+/m1/s1. The predicted octanol–water partition coefficient (Wildman–Crippen LogP) is 1.55. The van der Waals surface area contributed by atoms with Crippen LogP contribution in [0.5, 0.6) is 0 Å². The number of amides is 1. The van der Waals surface area contributed by atoms with Crippen molar-refractivity contribution in [2.45, 2.75) is 57.8 Å². The Morgan fingerprint density at radius 3 is 2.71 bits per heavy atom. The van der Waals surface area contributed by atoms with Crippen molar-refractivity contribution in [3.8, 4) is 6.07 Å². The fourth-order valence-electron chi connectivity index (χ4n) is 5.25. The van der Waals surface area contributed by atoms with Crippen LogP contribution >= 0.6 is 0 Å². The van der Waals surface area contributed by atoms with E-state index >= 15 is 0 Å². The van der Waals surface area contributed by atoms with Crippen molar-refractivity contribution >= 4 is 5.91 Å². The van der Waals surface area contributed by atoms with Crippen molar-refractivity contribution < 1.29 is 9.18 Å². The minimum atomic E-state index is -1.08. The molecular formula is C18H29FN4O. The van der Waals surface area contributed by atoms with E-state index in [2.05, 4.69) is 44.1 Å². The maximum absolute atomic E-state index is 13.6. The Balaban J connectivity index is 1.72. The molecule has 134 valence electrons. The van der Waals surface area contributed by atoms with Crippen LogP contribution in [0.15, 0.2) is 0 Å². The van der Waals surface area contributed by atoms with E-state index in [-0.39, 0.29) is 41.8 Å². The number of likely N-dealkylation sites (tertiary alicyclic amines) is 2. The molecule has 3 rings (SSSR count). The molecule has 0 aromatic carbocycles. The molecule has 2 aliphatic heterocycles. The topological polar surface area (TPSA) is 59.4 Å². The fraction of sp³-hybridized carbons (Fsp3) is 0.889. The number of carbonyl (C=O) groups excluding carboxylic acids is 1. The number of nitrogens with one attached hydrogen (secondary N) is 1. The van der Waals surface area contributed by atoms with Crippen molar-refractivity contribution in [2.24, 2.45) is 10.8 Å². The van der Waals surface area contributed by atoms with E-state index in [1.54, 1.807) is 0 Å². The highest BCUT2D eigenvalue weighted by molar-refractivity contribution is 5.79. The molecule has 4 atom stereocenters. The minimum absolute atomic E-state index is 0.0484. The van der Waals surface area contributed by atoms with Crippen molar-refractivity contribution in [2.75, 3.05) is 33.2 Å². The van der Waals surface area contributed by atoms with Crippen LogP contribution < -0.4 is 5.32 Å². The van der Waals surface area contributed by atoms with Crippen molar-refractivity contribution in [3.63, 3.8) is 0 Å². The molecule has 6 heteroatoms. The molecule has 1 amide bonds. The van der Waals surface area contributed by atoms with Crippen LogP contribution in [-0.2, 0) is 4.79 Å². The van der Waals surface area contributed by atoms with E-state index in [0.29, 0.717) is 0 Å². The zero-order chi connectivity index (χ0) is 17.8. The number of rotatable bonds is 3. The molecule has 2 bridgehead atoms. The second-order valence-electron chi connectivity index (χ2n) is 8.82. The molecule has 5 nitrogen and oxygen atoms in total. The quantitative estimate of drug-likeness (QED) is 0.849. The number of likely N-dealkylation sites (N-methyl/N-ethyl adjacent to an activating group) is 1. The molecular weight excluding hydrogens is 307 g/mol. The van der Waals surface area contributed by atoms with Gasteiger partial charge in [-0.25, -0.2) is 4.39 Å². The van der Waals surface area contributed by atoms with Crippen LogP contribution in [0.1, 0.15) is 40.0 Å². The molecule has 1 N–H and O–H groups in total. The molecule has 0 aromatic rings. The maximum Gasteiger partial charge on any atom is 0.237 e. The number of piperidine rings is 1. The number of hydrogen-bond donors (Lipinski definition) is 1. The molecule has 0 spiro atoms. The van der Waals surface area contributed by atoms with Crippen LogP contribution in [-0.4, -0.2) is 66.7 Å². The lowest BCUT2D eigenvalue weighted by Crippen LogP contribution is -2.67. The Morgan fingerprint density at radius 1 is 1.33 bits per heavy atom. The van der Waals surface area contributed by atoms with Gasteiger partial charge in [-0.1, -0.05) is 20.8 Å². The van der Waals surface area contributed by atoms with Crippen LogP contribution in [0.25, 0.3) is 0 Å². The first-order valence-electron chi connectivity index (χ1n) is 8.91. The van der Waals surface area contributed by atoms with Gasteiger partial charge in [-0.3, -0.25) is 4.79 Å². The number of carbonyl (C=O) groups is 1. The summed E-state index contributed by atoms with van der Waals surface area (Å²) in [7, 11) is 2.14. The molecule has 0 radical (unpaired) electrons. The van der Waals surface area contributed by atoms with E-state index in [1.165, 1.54) is 4.90 Å². The number of nitrogens with zero attached hydrogens (tertiary/aromatic N) is 3. The maximum atomic E-state index is 13.6. The van der Waals surface area contributed by atoms with Gasteiger partial charge in [-0.2, -0.15) is 5.26 Å². The lowest BCUT2D eigenvalue weighted by Gasteiger charge is -2.56. The summed E-state index contributed by atoms with van der Waals surface area (Å²) in [5, 5.41) is 12.7. The summed E-state index contributed by atoms with van der Waals surface area (Å²) < 4.78 is 13.6. The van der Waals surface area contributed by atoms with Crippen LogP contribution in [0.2, 0.25) is 0 Å². The third-order valence-corrected chi connectivity index (χ3v) is 7.26. The highest BCUT2D eigenvalue weighted by atomic mass is 19.1. The number of halogens is 1. The molecule has 0 unspecified atom stereocenters. The predicted molar refractivity (Wildman–Crippen MR) is 90.0 cm³/mol. The van der Waals surface area contributed by atoms with Gasteiger partial charge >= 0.3 is 0 Å². The Kier molecular flexibility index (Phi) is 4.17. The number of hydrogen-bond acceptors (Lipinski definition) is 4. The summed E-state index contributed by atoms with van der Waals surface area (Å²) in [6.45, 7) is 9.16. The first kappa shape index (κ1) is 17.6. The molecule has 3 aliphatic rings. The largest absolute Gasteiger partial charge is 0.323 e. The Morgan fingerprint density at radius 2 is 2.04 bits per heavy atom. The van der Waals surface area contributed by atoms with Gasteiger partial charge in [0.15, 0.2) is 0 Å². The first-order chi connectivity index (χ1) is 11.1. The number of fused-ring (bicyclic) bond motifs is 2. The third-order valence-electron chi connectivity index (χ3n) is 7.26. The average molecular weight is 336 g/mol. The number of alkyl halides is 1. The summed E-state index contributed by atoms with van der Waals surface area (Å²) in [6, 6.07) is 1.43. The van der Waals surface area contributed by atoms with Gasteiger partial charge in [0.05, 0.1) is 19.2 Å². The fourth-order valence-corrected chi connectivity index (χ4v) is 5.25. The second-order valence-corrected chi connectivity index (χ2v) is 8.82. The van der Waals surface area contributed by atoms with E-state index in [4.69, 9.17) is 5.26 Å². The van der Waals surface area contributed by atoms with Gasteiger partial charge in [-0.05, 0) is 30.7 Å². The van der Waals surface area contributed by atoms with E-state index < -0.39 is 12.2 Å². The third kappa shape index (κ3) is 2.44. The molecule has 2 heterocycles. The summed E-state index contributed by atoms with van der Waals surface area (Å²) >= 11 is 0. The molecule has 3 fully saturated rings. The molecule has 24 heavy (non-hydrogen) atoms. The monoisotopic (exact) mass is 336 g/mol. The van der Waals surface area contributed by atoms with Gasteiger partial charge in [0.1, 0.15) is 12.2 Å². The van der Waals surface area contributed by atoms with Crippen molar-refractivity contribution in [3.05, 3.63) is 0 Å². The van der Waals surface area contributed by atoms with Gasteiger partial charge in [0.25, 0.3) is 0 Å². The van der Waals surface area contributed by atoms with E-state index in [1.807, 2.05) is 0 Å². The van der Waals surface area contributed by atoms with Gasteiger partial charge in [0, 0.05) is 25.0 Å². The van der Waals surface area contributed by atoms with Crippen LogP contribution in [0, 0.1) is 22.2 Å². The lowest BCUT2D eigenvalue weighted by molar-refractivity contribution is -0.131. The van der Waals surface area contributed by atoms with Crippen molar-refractivity contribution in [1.82, 2.24) is 15.1 Å². The number of nitriles is 1. The Labute approximate surface area is 144 Å². The summed E-state index contributed by atoms with van der Waals surface area (Å²) in [4.78, 5) is 16.3.